The van der Waals surface area contributed by atoms with Crippen molar-refractivity contribution in [1.82, 2.24) is 10.6 Å². The predicted molar refractivity (Wildman–Crippen MR) is 55.9 cm³/mol. The van der Waals surface area contributed by atoms with Crippen molar-refractivity contribution in [1.29, 1.82) is 0 Å². The molecule has 84 valence electrons. The summed E-state index contributed by atoms with van der Waals surface area (Å²) in [6.07, 6.45) is 1.15. The van der Waals surface area contributed by atoms with Crippen LogP contribution in [0.1, 0.15) is 13.8 Å². The summed E-state index contributed by atoms with van der Waals surface area (Å²) in [6, 6.07) is -0.337. The van der Waals surface area contributed by atoms with E-state index in [2.05, 4.69) is 10.6 Å². The zero-order valence-corrected chi connectivity index (χ0v) is 9.65. The SMILES string of the molecule is CCNCC(=O)NC(C)CS(C)(=O)=O. The molecule has 14 heavy (non-hydrogen) atoms. The summed E-state index contributed by atoms with van der Waals surface area (Å²) in [5, 5.41) is 5.45. The van der Waals surface area contributed by atoms with Gasteiger partial charge in [0, 0.05) is 12.3 Å². The second-order valence-electron chi connectivity index (χ2n) is 3.34. The van der Waals surface area contributed by atoms with Crippen molar-refractivity contribution in [2.75, 3.05) is 25.1 Å². The van der Waals surface area contributed by atoms with Crippen LogP contribution in [0.15, 0.2) is 0 Å². The van der Waals surface area contributed by atoms with Gasteiger partial charge in [0.1, 0.15) is 9.84 Å². The van der Waals surface area contributed by atoms with Crippen LogP contribution in [0.25, 0.3) is 0 Å². The first-order valence-corrected chi connectivity index (χ1v) is 6.59. The lowest BCUT2D eigenvalue weighted by Gasteiger charge is -2.12. The van der Waals surface area contributed by atoms with Crippen molar-refractivity contribution in [3.05, 3.63) is 0 Å². The number of hydrogen-bond donors (Lipinski definition) is 2. The van der Waals surface area contributed by atoms with Gasteiger partial charge in [-0.15, -0.1) is 0 Å². The summed E-state index contributed by atoms with van der Waals surface area (Å²) in [5.41, 5.74) is 0. The highest BCUT2D eigenvalue weighted by atomic mass is 32.2. The fourth-order valence-electron chi connectivity index (χ4n) is 1.06. The molecule has 0 radical (unpaired) electrons. The largest absolute Gasteiger partial charge is 0.352 e. The summed E-state index contributed by atoms with van der Waals surface area (Å²) >= 11 is 0. The maximum Gasteiger partial charge on any atom is 0.234 e. The average Bonchev–Trinajstić information content (AvgIpc) is 1.96. The molecule has 1 atom stereocenters. The smallest absolute Gasteiger partial charge is 0.234 e. The first-order valence-electron chi connectivity index (χ1n) is 4.53. The third kappa shape index (κ3) is 8.00. The van der Waals surface area contributed by atoms with Gasteiger partial charge in [-0.05, 0) is 13.5 Å². The van der Waals surface area contributed by atoms with Crippen LogP contribution in [0.3, 0.4) is 0 Å². The topological polar surface area (TPSA) is 75.3 Å². The van der Waals surface area contributed by atoms with Crippen LogP contribution in [-0.2, 0) is 14.6 Å². The van der Waals surface area contributed by atoms with Crippen LogP contribution in [0.2, 0.25) is 0 Å². The molecule has 0 aromatic carbocycles. The Morgan fingerprint density at radius 1 is 1.43 bits per heavy atom. The van der Waals surface area contributed by atoms with Crippen molar-refractivity contribution in [2.24, 2.45) is 0 Å². The Kier molecular flexibility index (Phi) is 5.71. The second kappa shape index (κ2) is 5.98. The number of carbonyl (C=O) groups excluding carboxylic acids is 1. The summed E-state index contributed by atoms with van der Waals surface area (Å²) < 4.78 is 21.7. The van der Waals surface area contributed by atoms with E-state index in [1.807, 2.05) is 6.92 Å². The molecular weight excluding hydrogens is 204 g/mol. The molecule has 6 heteroatoms. The maximum absolute atomic E-state index is 11.1. The lowest BCUT2D eigenvalue weighted by atomic mass is 10.4. The average molecular weight is 222 g/mol. The van der Waals surface area contributed by atoms with E-state index < -0.39 is 9.84 Å². The molecule has 0 aromatic heterocycles. The van der Waals surface area contributed by atoms with Crippen LogP contribution in [0, 0.1) is 0 Å². The van der Waals surface area contributed by atoms with Gasteiger partial charge in [0.2, 0.25) is 5.91 Å². The van der Waals surface area contributed by atoms with E-state index in [1.54, 1.807) is 6.92 Å². The number of carbonyl (C=O) groups is 1. The Morgan fingerprint density at radius 2 is 2.00 bits per heavy atom. The summed E-state index contributed by atoms with van der Waals surface area (Å²) in [4.78, 5) is 11.1. The normalized spacial score (nSPS) is 13.6. The summed E-state index contributed by atoms with van der Waals surface area (Å²) in [6.45, 7) is 4.51. The minimum absolute atomic E-state index is 0.0230. The lowest BCUT2D eigenvalue weighted by Crippen LogP contribution is -2.41. The van der Waals surface area contributed by atoms with E-state index in [0.717, 1.165) is 6.26 Å². The molecule has 0 bridgehead atoms. The van der Waals surface area contributed by atoms with E-state index in [0.29, 0.717) is 6.54 Å². The van der Waals surface area contributed by atoms with Gasteiger partial charge >= 0.3 is 0 Å². The predicted octanol–water partition coefficient (Wildman–Crippen LogP) is -0.855. The number of nitrogens with one attached hydrogen (secondary N) is 2. The number of likely N-dealkylation sites (N-methyl/N-ethyl adjacent to an activating group) is 1. The zero-order valence-electron chi connectivity index (χ0n) is 8.83. The van der Waals surface area contributed by atoms with Gasteiger partial charge in [-0.1, -0.05) is 6.92 Å². The molecule has 2 N–H and O–H groups in total. The van der Waals surface area contributed by atoms with Gasteiger partial charge in [0.25, 0.3) is 0 Å². The summed E-state index contributed by atoms with van der Waals surface area (Å²) in [5.74, 6) is -0.201. The van der Waals surface area contributed by atoms with Crippen molar-refractivity contribution < 1.29 is 13.2 Å². The van der Waals surface area contributed by atoms with Crippen molar-refractivity contribution in [3.63, 3.8) is 0 Å². The van der Waals surface area contributed by atoms with Gasteiger partial charge < -0.3 is 10.6 Å². The summed E-state index contributed by atoms with van der Waals surface area (Å²) in [7, 11) is -3.02. The van der Waals surface area contributed by atoms with Crippen molar-refractivity contribution in [2.45, 2.75) is 19.9 Å². The molecule has 0 aliphatic carbocycles. The molecule has 0 rings (SSSR count). The molecule has 1 amide bonds. The number of sulfone groups is 1. The van der Waals surface area contributed by atoms with E-state index >= 15 is 0 Å². The molecule has 0 heterocycles. The molecule has 0 aromatic rings. The first-order chi connectivity index (χ1) is 6.35. The monoisotopic (exact) mass is 222 g/mol. The third-order valence-electron chi connectivity index (χ3n) is 1.50. The minimum Gasteiger partial charge on any atom is -0.352 e. The molecule has 0 aliphatic heterocycles. The Balaban J connectivity index is 3.83. The van der Waals surface area contributed by atoms with Crippen molar-refractivity contribution in [3.8, 4) is 0 Å². The highest BCUT2D eigenvalue weighted by Gasteiger charge is 2.12. The quantitative estimate of drug-likeness (QED) is 0.613. The lowest BCUT2D eigenvalue weighted by molar-refractivity contribution is -0.120. The highest BCUT2D eigenvalue weighted by molar-refractivity contribution is 7.90. The van der Waals surface area contributed by atoms with Gasteiger partial charge in [0.15, 0.2) is 0 Å². The van der Waals surface area contributed by atoms with Gasteiger partial charge in [0.05, 0.1) is 12.3 Å². The van der Waals surface area contributed by atoms with Crippen LogP contribution >= 0.6 is 0 Å². The zero-order chi connectivity index (χ0) is 11.2. The molecule has 0 saturated carbocycles. The molecule has 0 aliphatic rings. The Labute approximate surface area is 85.2 Å². The van der Waals surface area contributed by atoms with Crippen LogP contribution in [0.4, 0.5) is 0 Å². The van der Waals surface area contributed by atoms with Gasteiger partial charge in [-0.25, -0.2) is 8.42 Å². The fraction of sp³-hybridized carbons (Fsp3) is 0.875. The van der Waals surface area contributed by atoms with Gasteiger partial charge in [-0.2, -0.15) is 0 Å². The van der Waals surface area contributed by atoms with E-state index in [9.17, 15) is 13.2 Å². The molecule has 5 nitrogen and oxygen atoms in total. The fourth-order valence-corrected chi connectivity index (χ4v) is 2.05. The Hall–Kier alpha value is -0.620. The Bertz CT molecular complexity index is 274. The number of amides is 1. The number of hydrogen-bond acceptors (Lipinski definition) is 4. The second-order valence-corrected chi connectivity index (χ2v) is 5.53. The van der Waals surface area contributed by atoms with Crippen molar-refractivity contribution >= 4 is 15.7 Å². The molecule has 0 fully saturated rings. The van der Waals surface area contributed by atoms with E-state index in [1.165, 1.54) is 0 Å². The highest BCUT2D eigenvalue weighted by Crippen LogP contribution is 1.89. The van der Waals surface area contributed by atoms with Crippen LogP contribution < -0.4 is 10.6 Å². The van der Waals surface area contributed by atoms with Gasteiger partial charge in [-0.3, -0.25) is 4.79 Å². The van der Waals surface area contributed by atoms with E-state index in [4.69, 9.17) is 0 Å². The standard InChI is InChI=1S/C8H18N2O3S/c1-4-9-5-8(11)10-7(2)6-14(3,12)13/h7,9H,4-6H2,1-3H3,(H,10,11). The minimum atomic E-state index is -3.02. The molecule has 0 spiro atoms. The molecule has 0 saturated heterocycles. The van der Waals surface area contributed by atoms with E-state index in [-0.39, 0.29) is 24.2 Å². The Morgan fingerprint density at radius 3 is 2.43 bits per heavy atom. The first kappa shape index (κ1) is 13.4. The number of rotatable bonds is 6. The third-order valence-corrected chi connectivity index (χ3v) is 2.60. The molecular formula is C8H18N2O3S. The van der Waals surface area contributed by atoms with Crippen LogP contribution in [-0.4, -0.2) is 45.5 Å². The molecule has 1 unspecified atom stereocenters. The van der Waals surface area contributed by atoms with Crippen LogP contribution in [0.5, 0.6) is 0 Å². The maximum atomic E-state index is 11.1.